The largest absolute Gasteiger partial charge is 0.337 e. The van der Waals surface area contributed by atoms with Crippen LogP contribution in [-0.4, -0.2) is 21.2 Å². The summed E-state index contributed by atoms with van der Waals surface area (Å²) in [7, 11) is 0. The highest BCUT2D eigenvalue weighted by molar-refractivity contribution is 7.14. The summed E-state index contributed by atoms with van der Waals surface area (Å²) in [6, 6.07) is 4.35. The summed E-state index contributed by atoms with van der Waals surface area (Å²) in [5.74, 6) is 0.0172. The average molecular weight is 344 g/mol. The maximum absolute atomic E-state index is 11.1. The van der Waals surface area contributed by atoms with E-state index in [1.54, 1.807) is 0 Å². The first-order valence-electron chi connectivity index (χ1n) is 8.71. The number of aryl methyl sites for hydroxylation is 2. The summed E-state index contributed by atoms with van der Waals surface area (Å²) >= 11 is 1.81. The van der Waals surface area contributed by atoms with Gasteiger partial charge in [0.1, 0.15) is 0 Å². The first kappa shape index (κ1) is 16.9. The zero-order valence-corrected chi connectivity index (χ0v) is 14.7. The summed E-state index contributed by atoms with van der Waals surface area (Å²) in [6.07, 6.45) is 14.5. The molecule has 24 heavy (non-hydrogen) atoms. The molecule has 128 valence electrons. The van der Waals surface area contributed by atoms with Crippen molar-refractivity contribution in [2.24, 2.45) is 5.10 Å². The minimum absolute atomic E-state index is 0.0172. The molecular formula is C18H24N4OS. The summed E-state index contributed by atoms with van der Waals surface area (Å²) < 4.78 is 2.14. The second kappa shape index (κ2) is 8.78. The fourth-order valence-corrected chi connectivity index (χ4v) is 3.93. The SMILES string of the molecule is O=C1CCC(c2ccc(CCCCCCCn3ccnc3)s2)=NN1. The molecule has 1 aliphatic heterocycles. The van der Waals surface area contributed by atoms with Gasteiger partial charge in [-0.05, 0) is 31.4 Å². The van der Waals surface area contributed by atoms with E-state index in [1.807, 2.05) is 30.1 Å². The number of thiophene rings is 1. The van der Waals surface area contributed by atoms with Crippen LogP contribution in [-0.2, 0) is 17.8 Å². The number of nitrogens with zero attached hydrogens (tertiary/aromatic N) is 3. The lowest BCUT2D eigenvalue weighted by atomic mass is 10.1. The number of hydrogen-bond acceptors (Lipinski definition) is 4. The van der Waals surface area contributed by atoms with E-state index in [0.717, 1.165) is 25.1 Å². The van der Waals surface area contributed by atoms with Crippen molar-refractivity contribution in [3.05, 3.63) is 40.6 Å². The van der Waals surface area contributed by atoms with Crippen molar-refractivity contribution >= 4 is 23.0 Å². The Morgan fingerprint density at radius 3 is 2.79 bits per heavy atom. The maximum Gasteiger partial charge on any atom is 0.240 e. The Bertz CT molecular complexity index is 675. The second-order valence-corrected chi connectivity index (χ2v) is 7.35. The van der Waals surface area contributed by atoms with Crippen molar-refractivity contribution in [2.45, 2.75) is 57.9 Å². The van der Waals surface area contributed by atoms with E-state index in [4.69, 9.17) is 0 Å². The molecule has 1 amide bonds. The Morgan fingerprint density at radius 2 is 2.00 bits per heavy atom. The molecule has 0 bridgehead atoms. The lowest BCUT2D eigenvalue weighted by Gasteiger charge is -2.09. The van der Waals surface area contributed by atoms with Crippen molar-refractivity contribution in [3.63, 3.8) is 0 Å². The van der Waals surface area contributed by atoms with Crippen LogP contribution in [0.4, 0.5) is 0 Å². The van der Waals surface area contributed by atoms with Gasteiger partial charge in [-0.15, -0.1) is 11.3 Å². The number of carbonyl (C=O) groups is 1. The number of unbranched alkanes of at least 4 members (excludes halogenated alkanes) is 4. The van der Waals surface area contributed by atoms with E-state index in [2.05, 4.69) is 32.2 Å². The molecule has 3 heterocycles. The molecule has 0 spiro atoms. The molecular weight excluding hydrogens is 320 g/mol. The molecule has 0 saturated carbocycles. The van der Waals surface area contributed by atoms with Crippen LogP contribution in [0.3, 0.4) is 0 Å². The van der Waals surface area contributed by atoms with Crippen LogP contribution in [0.2, 0.25) is 0 Å². The monoisotopic (exact) mass is 344 g/mol. The van der Waals surface area contributed by atoms with Crippen LogP contribution < -0.4 is 5.43 Å². The Kier molecular flexibility index (Phi) is 6.18. The predicted molar refractivity (Wildman–Crippen MR) is 97.2 cm³/mol. The van der Waals surface area contributed by atoms with E-state index >= 15 is 0 Å². The van der Waals surface area contributed by atoms with Gasteiger partial charge in [-0.3, -0.25) is 4.79 Å². The molecule has 5 nitrogen and oxygen atoms in total. The molecule has 2 aromatic heterocycles. The number of nitrogens with one attached hydrogen (secondary N) is 1. The first-order valence-corrected chi connectivity index (χ1v) is 9.53. The summed E-state index contributed by atoms with van der Waals surface area (Å²) in [5, 5.41) is 4.17. The highest BCUT2D eigenvalue weighted by Crippen LogP contribution is 2.22. The van der Waals surface area contributed by atoms with Crippen LogP contribution in [0.5, 0.6) is 0 Å². The van der Waals surface area contributed by atoms with Gasteiger partial charge in [0.05, 0.1) is 16.9 Å². The topological polar surface area (TPSA) is 59.3 Å². The highest BCUT2D eigenvalue weighted by atomic mass is 32.1. The molecule has 0 aliphatic carbocycles. The number of hydrazone groups is 1. The molecule has 0 saturated heterocycles. The third kappa shape index (κ3) is 5.03. The van der Waals surface area contributed by atoms with Gasteiger partial charge in [0.2, 0.25) is 5.91 Å². The first-order chi connectivity index (χ1) is 11.8. The summed E-state index contributed by atoms with van der Waals surface area (Å²) in [5.41, 5.74) is 3.59. The quantitative estimate of drug-likeness (QED) is 0.704. The van der Waals surface area contributed by atoms with Gasteiger partial charge in [0.15, 0.2) is 0 Å². The number of carbonyl (C=O) groups excluding carboxylic acids is 1. The zero-order valence-electron chi connectivity index (χ0n) is 13.9. The predicted octanol–water partition coefficient (Wildman–Crippen LogP) is 3.75. The van der Waals surface area contributed by atoms with Crippen LogP contribution in [0.15, 0.2) is 36.0 Å². The smallest absolute Gasteiger partial charge is 0.240 e. The fraction of sp³-hybridized carbons (Fsp3) is 0.500. The third-order valence-corrected chi connectivity index (χ3v) is 5.44. The van der Waals surface area contributed by atoms with Crippen molar-refractivity contribution in [1.82, 2.24) is 15.0 Å². The molecule has 0 radical (unpaired) electrons. The van der Waals surface area contributed by atoms with E-state index in [9.17, 15) is 4.79 Å². The van der Waals surface area contributed by atoms with E-state index in [0.29, 0.717) is 6.42 Å². The Labute approximate surface area is 146 Å². The fourth-order valence-electron chi connectivity index (χ4n) is 2.86. The Hall–Kier alpha value is -1.95. The van der Waals surface area contributed by atoms with Gasteiger partial charge in [-0.1, -0.05) is 19.3 Å². The lowest BCUT2D eigenvalue weighted by Crippen LogP contribution is -2.25. The van der Waals surface area contributed by atoms with Gasteiger partial charge in [0, 0.05) is 36.7 Å². The third-order valence-electron chi connectivity index (χ3n) is 4.25. The standard InChI is InChI=1S/C18H24N4OS/c23-18-10-8-16(20-21-18)17-9-7-15(24-17)6-4-2-1-3-5-12-22-13-11-19-14-22/h7,9,11,13-14H,1-6,8,10,12H2,(H,21,23). The van der Waals surface area contributed by atoms with Gasteiger partial charge >= 0.3 is 0 Å². The Morgan fingerprint density at radius 1 is 1.12 bits per heavy atom. The van der Waals surface area contributed by atoms with Gasteiger partial charge < -0.3 is 4.57 Å². The molecule has 1 N–H and O–H groups in total. The molecule has 6 heteroatoms. The number of rotatable bonds is 9. The van der Waals surface area contributed by atoms with E-state index < -0.39 is 0 Å². The van der Waals surface area contributed by atoms with E-state index in [-0.39, 0.29) is 5.91 Å². The number of aromatic nitrogens is 2. The molecule has 1 aliphatic rings. The normalized spacial score (nSPS) is 14.5. The summed E-state index contributed by atoms with van der Waals surface area (Å²) in [6.45, 7) is 1.08. The van der Waals surface area contributed by atoms with Crippen molar-refractivity contribution in [2.75, 3.05) is 0 Å². The Balaban J connectivity index is 1.30. The van der Waals surface area contributed by atoms with Crippen molar-refractivity contribution < 1.29 is 4.79 Å². The number of imidazole rings is 1. The zero-order chi connectivity index (χ0) is 16.6. The van der Waals surface area contributed by atoms with Gasteiger partial charge in [0.25, 0.3) is 0 Å². The van der Waals surface area contributed by atoms with Crippen molar-refractivity contribution in [1.29, 1.82) is 0 Å². The number of hydrogen-bond donors (Lipinski definition) is 1. The lowest BCUT2D eigenvalue weighted by molar-refractivity contribution is -0.121. The van der Waals surface area contributed by atoms with Crippen LogP contribution in [0, 0.1) is 0 Å². The maximum atomic E-state index is 11.1. The van der Waals surface area contributed by atoms with E-state index in [1.165, 1.54) is 41.9 Å². The molecule has 0 unspecified atom stereocenters. The van der Waals surface area contributed by atoms with Crippen LogP contribution in [0.1, 0.15) is 54.7 Å². The molecule has 3 rings (SSSR count). The van der Waals surface area contributed by atoms with Crippen molar-refractivity contribution in [3.8, 4) is 0 Å². The van der Waals surface area contributed by atoms with Gasteiger partial charge in [-0.2, -0.15) is 5.10 Å². The molecule has 0 aromatic carbocycles. The molecule has 2 aromatic rings. The summed E-state index contributed by atoms with van der Waals surface area (Å²) in [4.78, 5) is 17.8. The highest BCUT2D eigenvalue weighted by Gasteiger charge is 2.14. The molecule has 0 fully saturated rings. The molecule has 0 atom stereocenters. The van der Waals surface area contributed by atoms with Crippen LogP contribution in [0.25, 0.3) is 0 Å². The average Bonchev–Trinajstić information content (AvgIpc) is 3.26. The second-order valence-electron chi connectivity index (χ2n) is 6.18. The van der Waals surface area contributed by atoms with Crippen LogP contribution >= 0.6 is 11.3 Å². The minimum Gasteiger partial charge on any atom is -0.337 e. The minimum atomic E-state index is 0.0172. The number of amides is 1. The van der Waals surface area contributed by atoms with Gasteiger partial charge in [-0.25, -0.2) is 10.4 Å².